The number of piperidine rings is 1. The van der Waals surface area contributed by atoms with Gasteiger partial charge in [-0.25, -0.2) is 0 Å². The lowest BCUT2D eigenvalue weighted by atomic mass is 9.73. The Balaban J connectivity index is 2.38. The largest absolute Gasteiger partial charge is 0.307 e. The van der Waals surface area contributed by atoms with Crippen molar-refractivity contribution < 1.29 is 0 Å². The van der Waals surface area contributed by atoms with Gasteiger partial charge in [0.15, 0.2) is 0 Å². The molecule has 1 saturated heterocycles. The summed E-state index contributed by atoms with van der Waals surface area (Å²) in [6.45, 7) is 8.43. The minimum absolute atomic E-state index is 0.440. The summed E-state index contributed by atoms with van der Waals surface area (Å²) in [4.78, 5) is 2.44. The summed E-state index contributed by atoms with van der Waals surface area (Å²) >= 11 is 3.42. The molecule has 2 nitrogen and oxygen atoms in total. The first-order valence-corrected chi connectivity index (χ1v) is 6.63. The van der Waals surface area contributed by atoms with E-state index < -0.39 is 0 Å². The van der Waals surface area contributed by atoms with Crippen LogP contribution in [0.2, 0.25) is 0 Å². The van der Waals surface area contributed by atoms with Crippen LogP contribution in [0.25, 0.3) is 0 Å². The van der Waals surface area contributed by atoms with Crippen LogP contribution in [0, 0.1) is 11.3 Å². The van der Waals surface area contributed by atoms with E-state index in [0.29, 0.717) is 5.41 Å². The Bertz CT molecular complexity index is 163. The summed E-state index contributed by atoms with van der Waals surface area (Å²) in [5.41, 5.74) is 1.35. The third-order valence-corrected chi connectivity index (χ3v) is 3.90. The molecule has 0 spiro atoms. The fourth-order valence-electron chi connectivity index (χ4n) is 2.30. The smallest absolute Gasteiger partial charge is 0.0517 e. The molecule has 3 heteroatoms. The molecular formula is C11H23BrN2. The van der Waals surface area contributed by atoms with Gasteiger partial charge in [-0.2, -0.15) is 0 Å². The molecule has 0 aromatic heterocycles. The van der Waals surface area contributed by atoms with Crippen molar-refractivity contribution in [3.05, 3.63) is 0 Å². The number of alkyl halides is 1. The second kappa shape index (κ2) is 5.47. The maximum Gasteiger partial charge on any atom is 0.0517 e. The summed E-state index contributed by atoms with van der Waals surface area (Å²) in [6.07, 6.45) is 2.71. The molecule has 0 amide bonds. The van der Waals surface area contributed by atoms with Gasteiger partial charge in [-0.15, -0.1) is 0 Å². The van der Waals surface area contributed by atoms with Crippen molar-refractivity contribution in [1.29, 1.82) is 0 Å². The summed E-state index contributed by atoms with van der Waals surface area (Å²) in [5.74, 6) is 0.880. The van der Waals surface area contributed by atoms with Crippen molar-refractivity contribution in [3.63, 3.8) is 0 Å². The molecule has 0 atom stereocenters. The molecule has 0 aromatic carbocycles. The zero-order valence-corrected chi connectivity index (χ0v) is 11.2. The molecule has 1 aliphatic rings. The van der Waals surface area contributed by atoms with Gasteiger partial charge in [-0.1, -0.05) is 29.8 Å². The third kappa shape index (κ3) is 3.52. The van der Waals surface area contributed by atoms with Gasteiger partial charge in [0.2, 0.25) is 0 Å². The van der Waals surface area contributed by atoms with Crippen LogP contribution in [0.5, 0.6) is 0 Å². The van der Waals surface area contributed by atoms with Crippen LogP contribution >= 0.6 is 15.9 Å². The molecule has 14 heavy (non-hydrogen) atoms. The van der Waals surface area contributed by atoms with Crippen LogP contribution in [0.1, 0.15) is 26.7 Å². The lowest BCUT2D eigenvalue weighted by molar-refractivity contribution is 0.115. The normalized spacial score (nSPS) is 21.4. The second-order valence-electron chi connectivity index (χ2n) is 5.13. The van der Waals surface area contributed by atoms with E-state index in [-0.39, 0.29) is 0 Å². The van der Waals surface area contributed by atoms with Crippen molar-refractivity contribution in [3.8, 4) is 0 Å². The predicted octanol–water partition coefficient (Wildman–Crippen LogP) is 2.30. The van der Waals surface area contributed by atoms with Crippen LogP contribution in [0.4, 0.5) is 0 Å². The van der Waals surface area contributed by atoms with Crippen LogP contribution in [0.15, 0.2) is 0 Å². The topological polar surface area (TPSA) is 15.3 Å². The second-order valence-corrected chi connectivity index (χ2v) is 5.69. The average Bonchev–Trinajstić information content (AvgIpc) is 2.16. The standard InChI is InChI=1S/C11H23BrN2/c1-11(2,8-13-9-12)10-4-6-14(3)7-5-10/h10,13H,4-9H2,1-3H3. The van der Waals surface area contributed by atoms with Gasteiger partial charge in [-0.3, -0.25) is 0 Å². The number of halogens is 1. The van der Waals surface area contributed by atoms with E-state index in [1.54, 1.807) is 0 Å². The lowest BCUT2D eigenvalue weighted by Gasteiger charge is -2.39. The molecule has 1 aliphatic heterocycles. The number of nitrogens with zero attached hydrogens (tertiary/aromatic N) is 1. The summed E-state index contributed by atoms with van der Waals surface area (Å²) in [5, 5.41) is 3.40. The van der Waals surface area contributed by atoms with Crippen molar-refractivity contribution in [1.82, 2.24) is 10.2 Å². The summed E-state index contributed by atoms with van der Waals surface area (Å²) in [6, 6.07) is 0. The predicted molar refractivity (Wildman–Crippen MR) is 65.8 cm³/mol. The average molecular weight is 263 g/mol. The number of rotatable bonds is 4. The molecule has 0 unspecified atom stereocenters. The van der Waals surface area contributed by atoms with Crippen molar-refractivity contribution in [2.45, 2.75) is 26.7 Å². The SMILES string of the molecule is CN1CCC(C(C)(C)CNCBr)CC1. The highest BCUT2D eigenvalue weighted by Crippen LogP contribution is 2.34. The number of nitrogens with one attached hydrogen (secondary N) is 1. The molecule has 0 saturated carbocycles. The van der Waals surface area contributed by atoms with Gasteiger partial charge in [-0.05, 0) is 44.3 Å². The van der Waals surface area contributed by atoms with Gasteiger partial charge < -0.3 is 10.2 Å². The molecule has 0 bridgehead atoms. The Hall–Kier alpha value is 0.400. The highest BCUT2D eigenvalue weighted by atomic mass is 79.9. The Morgan fingerprint density at radius 3 is 2.43 bits per heavy atom. The number of hydrogen-bond acceptors (Lipinski definition) is 2. The highest BCUT2D eigenvalue weighted by Gasteiger charge is 2.31. The maximum atomic E-state index is 3.42. The van der Waals surface area contributed by atoms with E-state index in [0.717, 1.165) is 17.9 Å². The van der Waals surface area contributed by atoms with Gasteiger partial charge in [0.25, 0.3) is 0 Å². The van der Waals surface area contributed by atoms with E-state index in [2.05, 4.69) is 47.0 Å². The van der Waals surface area contributed by atoms with E-state index in [1.165, 1.54) is 25.9 Å². The van der Waals surface area contributed by atoms with Crippen molar-refractivity contribution >= 4 is 15.9 Å². The number of hydrogen-bond donors (Lipinski definition) is 1. The Morgan fingerprint density at radius 2 is 1.93 bits per heavy atom. The molecule has 1 N–H and O–H groups in total. The maximum absolute atomic E-state index is 3.42. The van der Waals surface area contributed by atoms with E-state index in [4.69, 9.17) is 0 Å². The molecule has 0 radical (unpaired) electrons. The van der Waals surface area contributed by atoms with Crippen LogP contribution in [-0.2, 0) is 0 Å². The first-order valence-electron chi connectivity index (χ1n) is 5.51. The van der Waals surface area contributed by atoms with Crippen molar-refractivity contribution in [2.24, 2.45) is 11.3 Å². The number of likely N-dealkylation sites (tertiary alicyclic amines) is 1. The Kier molecular flexibility index (Phi) is 4.88. The van der Waals surface area contributed by atoms with Crippen LogP contribution < -0.4 is 5.32 Å². The molecule has 1 heterocycles. The third-order valence-electron chi connectivity index (χ3n) is 3.50. The van der Waals surface area contributed by atoms with Crippen molar-refractivity contribution in [2.75, 3.05) is 32.1 Å². The van der Waals surface area contributed by atoms with Crippen LogP contribution in [0.3, 0.4) is 0 Å². The van der Waals surface area contributed by atoms with Gasteiger partial charge in [0.1, 0.15) is 0 Å². The summed E-state index contributed by atoms with van der Waals surface area (Å²) in [7, 11) is 2.22. The molecule has 0 aromatic rings. The minimum atomic E-state index is 0.440. The molecule has 1 fully saturated rings. The summed E-state index contributed by atoms with van der Waals surface area (Å²) < 4.78 is 0. The zero-order valence-electron chi connectivity index (χ0n) is 9.65. The van der Waals surface area contributed by atoms with Gasteiger partial charge in [0, 0.05) is 6.54 Å². The molecule has 0 aliphatic carbocycles. The molecule has 84 valence electrons. The monoisotopic (exact) mass is 262 g/mol. The quantitative estimate of drug-likeness (QED) is 0.618. The Morgan fingerprint density at radius 1 is 1.36 bits per heavy atom. The fraction of sp³-hybridized carbons (Fsp3) is 1.00. The fourth-order valence-corrected chi connectivity index (χ4v) is 2.50. The van der Waals surface area contributed by atoms with E-state index in [1.807, 2.05) is 0 Å². The molecule has 1 rings (SSSR count). The van der Waals surface area contributed by atoms with Crippen LogP contribution in [-0.4, -0.2) is 37.0 Å². The minimum Gasteiger partial charge on any atom is -0.307 e. The first-order chi connectivity index (χ1) is 6.56. The molecular weight excluding hydrogens is 240 g/mol. The first kappa shape index (κ1) is 12.5. The van der Waals surface area contributed by atoms with Gasteiger partial charge in [0.05, 0.1) is 5.45 Å². The van der Waals surface area contributed by atoms with Gasteiger partial charge >= 0.3 is 0 Å². The lowest BCUT2D eigenvalue weighted by Crippen LogP contribution is -2.41. The zero-order chi connectivity index (χ0) is 10.6. The Labute approximate surface area is 96.6 Å². The highest BCUT2D eigenvalue weighted by molar-refractivity contribution is 9.09. The van der Waals surface area contributed by atoms with E-state index >= 15 is 0 Å². The van der Waals surface area contributed by atoms with E-state index in [9.17, 15) is 0 Å².